The van der Waals surface area contributed by atoms with E-state index < -0.39 is 0 Å². The van der Waals surface area contributed by atoms with Crippen molar-refractivity contribution in [3.05, 3.63) is 0 Å². The molecule has 0 aliphatic heterocycles. The largest absolute Gasteiger partial charge is 0.392 e. The second kappa shape index (κ2) is 1.28. The molecule has 0 saturated heterocycles. The van der Waals surface area contributed by atoms with Crippen molar-refractivity contribution in [3.8, 4) is 0 Å². The van der Waals surface area contributed by atoms with Crippen LogP contribution >= 0.6 is 0 Å². The van der Waals surface area contributed by atoms with Crippen LogP contribution in [0.25, 0.3) is 0 Å². The molecule has 4 saturated carbocycles. The molecule has 1 heteroatoms. The van der Waals surface area contributed by atoms with Crippen molar-refractivity contribution in [2.24, 2.45) is 28.6 Å². The molecule has 5 atom stereocenters. The van der Waals surface area contributed by atoms with Gasteiger partial charge in [0, 0.05) is 0 Å². The van der Waals surface area contributed by atoms with Gasteiger partial charge >= 0.3 is 0 Å². The van der Waals surface area contributed by atoms with Gasteiger partial charge in [0.2, 0.25) is 0 Å². The van der Waals surface area contributed by atoms with Gasteiger partial charge in [0.15, 0.2) is 0 Å². The first-order valence-corrected chi connectivity index (χ1v) is 4.68. The van der Waals surface area contributed by atoms with Gasteiger partial charge in [-0.3, -0.25) is 0 Å². The Labute approximate surface area is 67.8 Å². The first-order valence-electron chi connectivity index (χ1n) is 4.68. The molecular weight excluding hydrogens is 136 g/mol. The minimum Gasteiger partial charge on any atom is -0.392 e. The maximum absolute atomic E-state index is 9.94. The van der Waals surface area contributed by atoms with Crippen LogP contribution in [0, 0.1) is 28.6 Å². The molecule has 0 amide bonds. The second-order valence-corrected chi connectivity index (χ2v) is 5.56. The first kappa shape index (κ1) is 6.47. The quantitative estimate of drug-likeness (QED) is 0.559. The van der Waals surface area contributed by atoms with Crippen molar-refractivity contribution in [3.63, 3.8) is 0 Å². The van der Waals surface area contributed by atoms with E-state index in [1.165, 1.54) is 6.42 Å². The Morgan fingerprint density at radius 2 is 1.91 bits per heavy atom. The van der Waals surface area contributed by atoms with Gasteiger partial charge in [-0.05, 0) is 35.0 Å². The summed E-state index contributed by atoms with van der Waals surface area (Å²) in [6, 6.07) is 0. The van der Waals surface area contributed by atoms with Crippen LogP contribution in [0.2, 0.25) is 0 Å². The third kappa shape index (κ3) is 0.395. The lowest BCUT2D eigenvalue weighted by atomic mass is 9.70. The number of rotatable bonds is 0. The lowest BCUT2D eigenvalue weighted by molar-refractivity contribution is 0.0184. The lowest BCUT2D eigenvalue weighted by Crippen LogP contribution is -2.35. The highest BCUT2D eigenvalue weighted by molar-refractivity contribution is 5.29. The van der Waals surface area contributed by atoms with Crippen LogP contribution < -0.4 is 0 Å². The molecule has 0 radical (unpaired) electrons. The summed E-state index contributed by atoms with van der Waals surface area (Å²) in [6.07, 6.45) is 1.31. The van der Waals surface area contributed by atoms with Crippen molar-refractivity contribution in [1.82, 2.24) is 0 Å². The molecule has 1 N–H and O–H groups in total. The molecule has 1 nitrogen and oxygen atoms in total. The highest BCUT2D eigenvalue weighted by Crippen LogP contribution is 2.83. The molecule has 11 heavy (non-hydrogen) atoms. The zero-order chi connectivity index (χ0) is 8.02. The fourth-order valence-corrected chi connectivity index (χ4v) is 4.17. The van der Waals surface area contributed by atoms with Crippen molar-refractivity contribution < 1.29 is 5.11 Å². The Balaban J connectivity index is 2.16. The maximum atomic E-state index is 9.94. The normalized spacial score (nSPS) is 68.7. The van der Waals surface area contributed by atoms with E-state index in [1.54, 1.807) is 0 Å². The fourth-order valence-electron chi connectivity index (χ4n) is 4.17. The smallest absolute Gasteiger partial charge is 0.0632 e. The average Bonchev–Trinajstić information content (AvgIpc) is 2.43. The molecule has 0 aromatic heterocycles. The van der Waals surface area contributed by atoms with Crippen LogP contribution in [0.5, 0.6) is 0 Å². The summed E-state index contributed by atoms with van der Waals surface area (Å²) in [7, 11) is 0. The van der Waals surface area contributed by atoms with Crippen LogP contribution in [0.15, 0.2) is 0 Å². The summed E-state index contributed by atoms with van der Waals surface area (Å²) >= 11 is 0. The Bertz CT molecular complexity index is 231. The van der Waals surface area contributed by atoms with Crippen molar-refractivity contribution in [1.29, 1.82) is 0 Å². The molecule has 4 bridgehead atoms. The van der Waals surface area contributed by atoms with E-state index in [4.69, 9.17) is 0 Å². The van der Waals surface area contributed by atoms with Gasteiger partial charge in [-0.1, -0.05) is 20.8 Å². The minimum absolute atomic E-state index is 0.0208. The molecule has 4 aliphatic rings. The fraction of sp³-hybridized carbons (Fsp3) is 1.00. The summed E-state index contributed by atoms with van der Waals surface area (Å²) in [5, 5.41) is 9.94. The van der Waals surface area contributed by atoms with E-state index in [1.807, 2.05) is 0 Å². The predicted octanol–water partition coefficient (Wildman–Crippen LogP) is 1.66. The zero-order valence-electron chi connectivity index (χ0n) is 7.46. The maximum Gasteiger partial charge on any atom is 0.0632 e. The van der Waals surface area contributed by atoms with E-state index in [2.05, 4.69) is 20.8 Å². The van der Waals surface area contributed by atoms with Gasteiger partial charge in [0.25, 0.3) is 0 Å². The monoisotopic (exact) mass is 152 g/mol. The molecule has 62 valence electrons. The average molecular weight is 152 g/mol. The van der Waals surface area contributed by atoms with Crippen LogP contribution in [0.1, 0.15) is 27.2 Å². The van der Waals surface area contributed by atoms with Crippen LogP contribution in [-0.4, -0.2) is 11.2 Å². The van der Waals surface area contributed by atoms with E-state index in [0.29, 0.717) is 11.3 Å². The second-order valence-electron chi connectivity index (χ2n) is 5.56. The van der Waals surface area contributed by atoms with E-state index >= 15 is 0 Å². The number of aliphatic hydroxyl groups is 1. The molecule has 4 rings (SSSR count). The Hall–Kier alpha value is -0.0400. The first-order chi connectivity index (χ1) is 5.00. The standard InChI is InChI=1S/C10H16O/c1-9(2)7-5-4-10(9,3)8(11)6(5)7/h5-8,11H,4H2,1-3H3. The van der Waals surface area contributed by atoms with E-state index in [-0.39, 0.29) is 11.5 Å². The minimum atomic E-state index is 0.0208. The van der Waals surface area contributed by atoms with Gasteiger partial charge in [-0.15, -0.1) is 0 Å². The zero-order valence-corrected chi connectivity index (χ0v) is 7.46. The molecule has 4 aliphatic carbocycles. The Kier molecular flexibility index (Phi) is 0.755. The van der Waals surface area contributed by atoms with Crippen LogP contribution in [0.3, 0.4) is 0 Å². The van der Waals surface area contributed by atoms with Crippen molar-refractivity contribution >= 4 is 0 Å². The molecule has 5 unspecified atom stereocenters. The van der Waals surface area contributed by atoms with Crippen LogP contribution in [-0.2, 0) is 0 Å². The predicted molar refractivity (Wildman–Crippen MR) is 43.0 cm³/mol. The SMILES string of the molecule is CC1(C)C2C3CC1(C)C(O)C32. The van der Waals surface area contributed by atoms with Gasteiger partial charge < -0.3 is 5.11 Å². The molecular formula is C10H16O. The number of aliphatic hydroxyl groups excluding tert-OH is 1. The van der Waals surface area contributed by atoms with Crippen molar-refractivity contribution in [2.45, 2.75) is 33.3 Å². The third-order valence-electron chi connectivity index (χ3n) is 5.21. The summed E-state index contributed by atoms with van der Waals surface area (Å²) in [4.78, 5) is 0. The topological polar surface area (TPSA) is 20.2 Å². The molecule has 0 aromatic rings. The highest BCUT2D eigenvalue weighted by Gasteiger charge is 2.81. The summed E-state index contributed by atoms with van der Waals surface area (Å²) < 4.78 is 0. The lowest BCUT2D eigenvalue weighted by Gasteiger charge is -2.36. The summed E-state index contributed by atoms with van der Waals surface area (Å²) in [6.45, 7) is 6.96. The van der Waals surface area contributed by atoms with Crippen LogP contribution in [0.4, 0.5) is 0 Å². The highest BCUT2D eigenvalue weighted by atomic mass is 16.3. The summed E-state index contributed by atoms with van der Waals surface area (Å²) in [5.74, 6) is 2.45. The molecule has 0 aromatic carbocycles. The third-order valence-corrected chi connectivity index (χ3v) is 5.21. The molecule has 0 spiro atoms. The summed E-state index contributed by atoms with van der Waals surface area (Å²) in [5.41, 5.74) is 0.675. The van der Waals surface area contributed by atoms with E-state index in [9.17, 15) is 5.11 Å². The van der Waals surface area contributed by atoms with E-state index in [0.717, 1.165) is 11.8 Å². The van der Waals surface area contributed by atoms with Gasteiger partial charge in [-0.2, -0.15) is 0 Å². The van der Waals surface area contributed by atoms with Gasteiger partial charge in [0.1, 0.15) is 0 Å². The Morgan fingerprint density at radius 3 is 2.00 bits per heavy atom. The van der Waals surface area contributed by atoms with Crippen molar-refractivity contribution in [2.75, 3.05) is 0 Å². The molecule has 0 heterocycles. The van der Waals surface area contributed by atoms with Gasteiger partial charge in [0.05, 0.1) is 6.10 Å². The number of hydrogen-bond acceptors (Lipinski definition) is 1. The Morgan fingerprint density at radius 1 is 1.27 bits per heavy atom. The molecule has 4 fully saturated rings. The number of hydrogen-bond donors (Lipinski definition) is 1. The van der Waals surface area contributed by atoms with Gasteiger partial charge in [-0.25, -0.2) is 0 Å².